The first-order chi connectivity index (χ1) is 7.27. The van der Waals surface area contributed by atoms with Gasteiger partial charge in [0.2, 0.25) is 5.43 Å². The maximum absolute atomic E-state index is 12.1. The number of aromatic hydroxyl groups is 1. The highest BCUT2D eigenvalue weighted by atomic mass is 19.4. The number of hydrogen-bond acceptors (Lipinski definition) is 4. The molecule has 0 spiro atoms. The van der Waals surface area contributed by atoms with E-state index in [4.69, 9.17) is 15.3 Å². The zero-order valence-corrected chi connectivity index (χ0v) is 7.75. The van der Waals surface area contributed by atoms with E-state index in [2.05, 4.69) is 0 Å². The number of H-pyrrole nitrogens is 1. The van der Waals surface area contributed by atoms with Gasteiger partial charge >= 0.3 is 6.18 Å². The Kier molecular flexibility index (Phi) is 3.24. The molecular formula is C8H8F3NO4. The molecule has 8 heteroatoms. The summed E-state index contributed by atoms with van der Waals surface area (Å²) in [6.07, 6.45) is -7.81. The van der Waals surface area contributed by atoms with E-state index in [1.807, 2.05) is 4.98 Å². The molecule has 1 aromatic heterocycles. The Balaban J connectivity index is 3.27. The normalized spacial score (nSPS) is 13.8. The van der Waals surface area contributed by atoms with Crippen molar-refractivity contribution in [3.63, 3.8) is 0 Å². The summed E-state index contributed by atoms with van der Waals surface area (Å²) in [5, 5.41) is 26.5. The van der Waals surface area contributed by atoms with Crippen LogP contribution in [-0.2, 0) is 6.61 Å². The lowest BCUT2D eigenvalue weighted by molar-refractivity contribution is -0.208. The van der Waals surface area contributed by atoms with Crippen molar-refractivity contribution in [2.24, 2.45) is 0 Å². The largest absolute Gasteiger partial charge is 0.503 e. The zero-order valence-electron chi connectivity index (χ0n) is 7.75. The van der Waals surface area contributed by atoms with Crippen LogP contribution in [0.2, 0.25) is 0 Å². The topological polar surface area (TPSA) is 93.5 Å². The Bertz CT molecular complexity index is 440. The second-order valence-electron chi connectivity index (χ2n) is 3.02. The van der Waals surface area contributed by atoms with Crippen LogP contribution < -0.4 is 5.43 Å². The van der Waals surface area contributed by atoms with Gasteiger partial charge in [-0.2, -0.15) is 13.2 Å². The average molecular weight is 239 g/mol. The summed E-state index contributed by atoms with van der Waals surface area (Å²) in [7, 11) is 0. The predicted molar refractivity (Wildman–Crippen MR) is 45.7 cm³/mol. The number of nitrogens with one attached hydrogen (secondary N) is 1. The standard InChI is InChI=1S/C8H8F3NO4/c9-8(10,11)7(16)3-1-5(14)6(15)4(2-13)12-3/h1,7,13,15-16H,2H2,(H,12,14). The molecule has 0 aliphatic rings. The summed E-state index contributed by atoms with van der Waals surface area (Å²) in [5.41, 5.74) is -2.42. The molecule has 1 unspecified atom stereocenters. The number of halogens is 3. The molecule has 1 rings (SSSR count). The van der Waals surface area contributed by atoms with Gasteiger partial charge in [-0.05, 0) is 0 Å². The highest BCUT2D eigenvalue weighted by molar-refractivity contribution is 5.28. The van der Waals surface area contributed by atoms with E-state index in [0.717, 1.165) is 0 Å². The molecule has 16 heavy (non-hydrogen) atoms. The van der Waals surface area contributed by atoms with E-state index in [9.17, 15) is 18.0 Å². The number of aliphatic hydroxyl groups excluding tert-OH is 2. The van der Waals surface area contributed by atoms with E-state index in [0.29, 0.717) is 6.07 Å². The molecule has 1 atom stereocenters. The van der Waals surface area contributed by atoms with Crippen LogP contribution >= 0.6 is 0 Å². The third-order valence-corrected chi connectivity index (χ3v) is 1.86. The lowest BCUT2D eigenvalue weighted by Crippen LogP contribution is -2.23. The molecule has 0 radical (unpaired) electrons. The van der Waals surface area contributed by atoms with Crippen molar-refractivity contribution in [2.75, 3.05) is 0 Å². The van der Waals surface area contributed by atoms with Gasteiger partial charge in [0.25, 0.3) is 0 Å². The first kappa shape index (κ1) is 12.5. The van der Waals surface area contributed by atoms with Crippen molar-refractivity contribution >= 4 is 0 Å². The third-order valence-electron chi connectivity index (χ3n) is 1.86. The van der Waals surface area contributed by atoms with Gasteiger partial charge in [0.15, 0.2) is 11.9 Å². The van der Waals surface area contributed by atoms with Crippen molar-refractivity contribution in [1.29, 1.82) is 0 Å². The van der Waals surface area contributed by atoms with E-state index in [1.54, 1.807) is 0 Å². The summed E-state index contributed by atoms with van der Waals surface area (Å²) in [4.78, 5) is 12.9. The molecule has 1 aromatic rings. The number of aromatic amines is 1. The monoisotopic (exact) mass is 239 g/mol. The molecule has 4 N–H and O–H groups in total. The molecule has 0 aliphatic carbocycles. The van der Waals surface area contributed by atoms with Crippen molar-refractivity contribution < 1.29 is 28.5 Å². The fourth-order valence-electron chi connectivity index (χ4n) is 1.07. The van der Waals surface area contributed by atoms with Crippen LogP contribution in [0.4, 0.5) is 13.2 Å². The van der Waals surface area contributed by atoms with Crippen LogP contribution in [0.3, 0.4) is 0 Å². The van der Waals surface area contributed by atoms with Gasteiger partial charge in [-0.3, -0.25) is 4.79 Å². The maximum atomic E-state index is 12.1. The van der Waals surface area contributed by atoms with Gasteiger partial charge in [0.1, 0.15) is 0 Å². The highest BCUT2D eigenvalue weighted by Crippen LogP contribution is 2.31. The molecule has 0 bridgehead atoms. The Morgan fingerprint density at radius 1 is 1.44 bits per heavy atom. The SMILES string of the molecule is O=c1cc(C(O)C(F)(F)F)[nH]c(CO)c1O. The van der Waals surface area contributed by atoms with Gasteiger partial charge < -0.3 is 20.3 Å². The highest BCUT2D eigenvalue weighted by Gasteiger charge is 2.40. The van der Waals surface area contributed by atoms with Gasteiger partial charge in [0, 0.05) is 6.07 Å². The van der Waals surface area contributed by atoms with E-state index >= 15 is 0 Å². The molecule has 0 amide bonds. The minimum Gasteiger partial charge on any atom is -0.503 e. The third kappa shape index (κ3) is 2.34. The Hall–Kier alpha value is -1.54. The Morgan fingerprint density at radius 2 is 2.00 bits per heavy atom. The number of aromatic nitrogens is 1. The molecule has 0 fully saturated rings. The Morgan fingerprint density at radius 3 is 2.44 bits per heavy atom. The van der Waals surface area contributed by atoms with Crippen LogP contribution in [0.5, 0.6) is 5.75 Å². The van der Waals surface area contributed by atoms with Crippen molar-refractivity contribution in [1.82, 2.24) is 4.98 Å². The summed E-state index contributed by atoms with van der Waals surface area (Å²) in [6.45, 7) is -0.848. The molecule has 0 aromatic carbocycles. The van der Waals surface area contributed by atoms with Crippen molar-refractivity contribution in [3.05, 3.63) is 27.7 Å². The van der Waals surface area contributed by atoms with Crippen LogP contribution in [0, 0.1) is 0 Å². The fourth-order valence-corrected chi connectivity index (χ4v) is 1.07. The van der Waals surface area contributed by atoms with Crippen molar-refractivity contribution in [2.45, 2.75) is 18.9 Å². The lowest BCUT2D eigenvalue weighted by Gasteiger charge is -2.15. The number of rotatable bonds is 2. The summed E-state index contributed by atoms with van der Waals surface area (Å²) < 4.78 is 36.3. The first-order valence-corrected chi connectivity index (χ1v) is 4.08. The van der Waals surface area contributed by atoms with E-state index < -0.39 is 41.5 Å². The fraction of sp³-hybridized carbons (Fsp3) is 0.375. The molecule has 0 saturated heterocycles. The molecule has 1 heterocycles. The second kappa shape index (κ2) is 4.14. The maximum Gasteiger partial charge on any atom is 0.420 e. The molecular weight excluding hydrogens is 231 g/mol. The lowest BCUT2D eigenvalue weighted by atomic mass is 10.2. The van der Waals surface area contributed by atoms with Gasteiger partial charge in [-0.15, -0.1) is 0 Å². The first-order valence-electron chi connectivity index (χ1n) is 4.08. The van der Waals surface area contributed by atoms with Crippen LogP contribution in [-0.4, -0.2) is 26.5 Å². The molecule has 0 saturated carbocycles. The molecule has 0 aliphatic heterocycles. The van der Waals surface area contributed by atoms with E-state index in [1.165, 1.54) is 0 Å². The zero-order chi connectivity index (χ0) is 12.5. The van der Waals surface area contributed by atoms with Crippen LogP contribution in [0.15, 0.2) is 10.9 Å². The minimum absolute atomic E-state index is 0.423. The Labute approximate surface area is 86.8 Å². The summed E-state index contributed by atoms with van der Waals surface area (Å²) in [5.74, 6) is -0.874. The quantitative estimate of drug-likeness (QED) is 0.591. The van der Waals surface area contributed by atoms with Crippen molar-refractivity contribution in [3.8, 4) is 5.75 Å². The minimum atomic E-state index is -4.94. The van der Waals surface area contributed by atoms with Crippen LogP contribution in [0.1, 0.15) is 17.5 Å². The summed E-state index contributed by atoms with van der Waals surface area (Å²) >= 11 is 0. The van der Waals surface area contributed by atoms with Crippen LogP contribution in [0.25, 0.3) is 0 Å². The second-order valence-corrected chi connectivity index (χ2v) is 3.02. The smallest absolute Gasteiger partial charge is 0.420 e. The number of aliphatic hydroxyl groups is 2. The number of alkyl halides is 3. The number of pyridine rings is 1. The average Bonchev–Trinajstić information content (AvgIpc) is 2.19. The summed E-state index contributed by atoms with van der Waals surface area (Å²) in [6, 6.07) is 0.423. The van der Waals surface area contributed by atoms with Gasteiger partial charge in [-0.25, -0.2) is 0 Å². The van der Waals surface area contributed by atoms with Gasteiger partial charge in [0.05, 0.1) is 18.0 Å². The van der Waals surface area contributed by atoms with Gasteiger partial charge in [-0.1, -0.05) is 0 Å². The molecule has 90 valence electrons. The predicted octanol–water partition coefficient (Wildman–Crippen LogP) is 0.168. The molecule has 5 nitrogen and oxygen atoms in total. The van der Waals surface area contributed by atoms with E-state index in [-0.39, 0.29) is 0 Å². The number of hydrogen-bond donors (Lipinski definition) is 4.